The fourth-order valence-corrected chi connectivity index (χ4v) is 2.51. The van der Waals surface area contributed by atoms with Gasteiger partial charge in [0, 0.05) is 19.6 Å². The zero-order valence-corrected chi connectivity index (χ0v) is 12.8. The first-order chi connectivity index (χ1) is 9.39. The van der Waals surface area contributed by atoms with Crippen molar-refractivity contribution >= 4 is 12.0 Å². The molecule has 116 valence electrons. The fourth-order valence-electron chi connectivity index (χ4n) is 2.51. The molecule has 1 rings (SSSR count). The van der Waals surface area contributed by atoms with Gasteiger partial charge in [0.05, 0.1) is 0 Å². The van der Waals surface area contributed by atoms with Gasteiger partial charge in [0.15, 0.2) is 0 Å². The molecule has 1 heterocycles. The average molecular weight is 285 g/mol. The first-order valence-electron chi connectivity index (χ1n) is 7.40. The number of rotatable bonds is 6. The summed E-state index contributed by atoms with van der Waals surface area (Å²) in [6.45, 7) is 8.82. The van der Waals surface area contributed by atoms with Crippen molar-refractivity contribution in [3.05, 3.63) is 0 Å². The Kier molecular flexibility index (Phi) is 6.26. The van der Waals surface area contributed by atoms with E-state index >= 15 is 0 Å². The predicted octanol–water partition coefficient (Wildman–Crippen LogP) is 1.37. The number of amides is 2. The van der Waals surface area contributed by atoms with E-state index < -0.39 is 11.5 Å². The third-order valence-corrected chi connectivity index (χ3v) is 3.91. The van der Waals surface area contributed by atoms with Crippen molar-refractivity contribution < 1.29 is 14.7 Å². The zero-order chi connectivity index (χ0) is 15.2. The Morgan fingerprint density at radius 1 is 1.25 bits per heavy atom. The van der Waals surface area contributed by atoms with Crippen molar-refractivity contribution in [1.82, 2.24) is 15.1 Å². The molecule has 1 fully saturated rings. The summed E-state index contributed by atoms with van der Waals surface area (Å²) in [5, 5.41) is 12.0. The number of aliphatic carboxylic acids is 1. The van der Waals surface area contributed by atoms with Crippen molar-refractivity contribution in [2.45, 2.75) is 45.6 Å². The van der Waals surface area contributed by atoms with Crippen LogP contribution in [0.1, 0.15) is 40.0 Å². The Hall–Kier alpha value is -1.30. The van der Waals surface area contributed by atoms with E-state index in [-0.39, 0.29) is 6.03 Å². The van der Waals surface area contributed by atoms with E-state index in [9.17, 15) is 14.7 Å². The van der Waals surface area contributed by atoms with E-state index in [0.717, 1.165) is 19.6 Å². The highest BCUT2D eigenvalue weighted by atomic mass is 16.4. The van der Waals surface area contributed by atoms with Crippen LogP contribution in [-0.4, -0.2) is 65.2 Å². The summed E-state index contributed by atoms with van der Waals surface area (Å²) in [5.74, 6) is -0.995. The minimum atomic E-state index is -1.19. The zero-order valence-electron chi connectivity index (χ0n) is 12.8. The van der Waals surface area contributed by atoms with Gasteiger partial charge in [0.1, 0.15) is 5.54 Å². The summed E-state index contributed by atoms with van der Waals surface area (Å²) < 4.78 is 0. The molecule has 0 saturated carbocycles. The molecular formula is C14H27N3O3. The highest BCUT2D eigenvalue weighted by Crippen LogP contribution is 2.14. The Bertz CT molecular complexity index is 339. The number of carboxylic acid groups (broad SMARTS) is 1. The van der Waals surface area contributed by atoms with Crippen molar-refractivity contribution in [1.29, 1.82) is 0 Å². The van der Waals surface area contributed by atoms with Crippen molar-refractivity contribution in [2.24, 2.45) is 0 Å². The number of hydrogen-bond acceptors (Lipinski definition) is 3. The van der Waals surface area contributed by atoms with E-state index in [2.05, 4.69) is 10.2 Å². The number of carboxylic acids is 1. The molecule has 0 unspecified atom stereocenters. The lowest BCUT2D eigenvalue weighted by atomic mass is 10.0. The molecule has 2 amide bonds. The van der Waals surface area contributed by atoms with Gasteiger partial charge in [-0.25, -0.2) is 9.59 Å². The molecule has 0 aromatic heterocycles. The van der Waals surface area contributed by atoms with Gasteiger partial charge >= 0.3 is 12.0 Å². The lowest BCUT2D eigenvalue weighted by Gasteiger charge is -2.34. The van der Waals surface area contributed by atoms with E-state index in [4.69, 9.17) is 0 Å². The first kappa shape index (κ1) is 16.8. The minimum absolute atomic E-state index is 0.308. The summed E-state index contributed by atoms with van der Waals surface area (Å²) in [4.78, 5) is 27.0. The quantitative estimate of drug-likeness (QED) is 0.773. The van der Waals surface area contributed by atoms with Gasteiger partial charge in [0.2, 0.25) is 0 Å². The minimum Gasteiger partial charge on any atom is -0.480 e. The summed E-state index contributed by atoms with van der Waals surface area (Å²) >= 11 is 0. The topological polar surface area (TPSA) is 72.9 Å². The second kappa shape index (κ2) is 7.47. The Labute approximate surface area is 121 Å². The predicted molar refractivity (Wildman–Crippen MR) is 77.8 cm³/mol. The van der Waals surface area contributed by atoms with Crippen molar-refractivity contribution in [3.63, 3.8) is 0 Å². The van der Waals surface area contributed by atoms with Crippen LogP contribution in [0.5, 0.6) is 0 Å². The molecule has 6 nitrogen and oxygen atoms in total. The van der Waals surface area contributed by atoms with Crippen molar-refractivity contribution in [3.8, 4) is 0 Å². The van der Waals surface area contributed by atoms with Gasteiger partial charge in [-0.2, -0.15) is 0 Å². The molecule has 6 heteroatoms. The number of carbonyl (C=O) groups excluding carboxylic acids is 1. The second-order valence-corrected chi connectivity index (χ2v) is 5.74. The molecule has 0 radical (unpaired) electrons. The maximum absolute atomic E-state index is 12.1. The van der Waals surface area contributed by atoms with Crippen LogP contribution in [0.2, 0.25) is 0 Å². The molecule has 2 N–H and O–H groups in total. The molecule has 1 saturated heterocycles. The fraction of sp³-hybridized carbons (Fsp3) is 0.857. The van der Waals surface area contributed by atoms with Crippen LogP contribution in [0.3, 0.4) is 0 Å². The highest BCUT2D eigenvalue weighted by Gasteiger charge is 2.36. The number of carbonyl (C=O) groups is 2. The summed E-state index contributed by atoms with van der Waals surface area (Å²) in [6, 6.07) is -0.308. The van der Waals surface area contributed by atoms with Crippen molar-refractivity contribution in [2.75, 3.05) is 32.7 Å². The second-order valence-electron chi connectivity index (χ2n) is 5.74. The van der Waals surface area contributed by atoms with Gasteiger partial charge in [-0.3, -0.25) is 0 Å². The number of likely N-dealkylation sites (tertiary alicyclic amines) is 1. The SMILES string of the molecule is CCN(C(=O)NCCN1CCCCC1)C(C)(C)C(=O)O. The third-order valence-electron chi connectivity index (χ3n) is 3.91. The summed E-state index contributed by atoms with van der Waals surface area (Å²) in [7, 11) is 0. The number of nitrogens with one attached hydrogen (secondary N) is 1. The molecule has 0 aromatic rings. The van der Waals surface area contributed by atoms with Crippen LogP contribution in [0.15, 0.2) is 0 Å². The molecule has 0 spiro atoms. The maximum atomic E-state index is 12.1. The summed E-state index contributed by atoms with van der Waals surface area (Å²) in [6.07, 6.45) is 3.74. The number of nitrogens with zero attached hydrogens (tertiary/aromatic N) is 2. The normalized spacial score (nSPS) is 16.8. The first-order valence-corrected chi connectivity index (χ1v) is 7.40. The number of urea groups is 1. The molecule has 0 bridgehead atoms. The van der Waals surface area contributed by atoms with Gasteiger partial charge in [-0.05, 0) is 46.7 Å². The van der Waals surface area contributed by atoms with Crippen LogP contribution in [0, 0.1) is 0 Å². The number of piperidine rings is 1. The maximum Gasteiger partial charge on any atom is 0.329 e. The lowest BCUT2D eigenvalue weighted by Crippen LogP contribution is -2.56. The lowest BCUT2D eigenvalue weighted by molar-refractivity contribution is -0.147. The third kappa shape index (κ3) is 4.37. The van der Waals surface area contributed by atoms with E-state index in [1.165, 1.54) is 24.2 Å². The largest absolute Gasteiger partial charge is 0.480 e. The van der Waals surface area contributed by atoms with Gasteiger partial charge in [-0.15, -0.1) is 0 Å². The van der Waals surface area contributed by atoms with E-state index in [1.54, 1.807) is 20.8 Å². The molecule has 1 aliphatic rings. The monoisotopic (exact) mass is 285 g/mol. The Morgan fingerprint density at radius 2 is 1.85 bits per heavy atom. The molecule has 1 aliphatic heterocycles. The van der Waals surface area contributed by atoms with Crippen LogP contribution in [0.4, 0.5) is 4.79 Å². The Balaban J connectivity index is 2.41. The summed E-state index contributed by atoms with van der Waals surface area (Å²) in [5.41, 5.74) is -1.19. The standard InChI is InChI=1S/C14H27N3O3/c1-4-17(14(2,3)12(18)19)13(20)15-8-11-16-9-6-5-7-10-16/h4-11H2,1-3H3,(H,15,20)(H,18,19). The molecular weight excluding hydrogens is 258 g/mol. The number of likely N-dealkylation sites (N-methyl/N-ethyl adjacent to an activating group) is 1. The van der Waals surface area contributed by atoms with Crippen LogP contribution in [0.25, 0.3) is 0 Å². The van der Waals surface area contributed by atoms with Crippen LogP contribution >= 0.6 is 0 Å². The van der Waals surface area contributed by atoms with Gasteiger partial charge in [0.25, 0.3) is 0 Å². The van der Waals surface area contributed by atoms with Gasteiger partial charge in [-0.1, -0.05) is 6.42 Å². The Morgan fingerprint density at radius 3 is 2.35 bits per heavy atom. The smallest absolute Gasteiger partial charge is 0.329 e. The van der Waals surface area contributed by atoms with E-state index in [1.807, 2.05) is 0 Å². The molecule has 0 aliphatic carbocycles. The molecule has 20 heavy (non-hydrogen) atoms. The van der Waals surface area contributed by atoms with Crippen LogP contribution < -0.4 is 5.32 Å². The molecule has 0 atom stereocenters. The average Bonchev–Trinajstić information content (AvgIpc) is 2.40. The highest BCUT2D eigenvalue weighted by molar-refractivity contribution is 5.85. The van der Waals surface area contributed by atoms with E-state index in [0.29, 0.717) is 13.1 Å². The number of hydrogen-bond donors (Lipinski definition) is 2. The molecule has 0 aromatic carbocycles. The van der Waals surface area contributed by atoms with Crippen LogP contribution in [-0.2, 0) is 4.79 Å². The van der Waals surface area contributed by atoms with Gasteiger partial charge < -0.3 is 20.2 Å².